The lowest BCUT2D eigenvalue weighted by Gasteiger charge is -2.03. The van der Waals surface area contributed by atoms with Crippen LogP contribution in [0.15, 0.2) is 18.2 Å². The second-order valence-electron chi connectivity index (χ2n) is 2.82. The fraction of sp³-hybridized carbons (Fsp3) is 0.444. The van der Waals surface area contributed by atoms with Crippen molar-refractivity contribution in [3.8, 4) is 0 Å². The molecule has 0 amide bonds. The normalized spacial score (nSPS) is 13.0. The van der Waals surface area contributed by atoms with Crippen LogP contribution in [0, 0.1) is 6.92 Å². The molecular weight excluding hydrogens is 138 g/mol. The van der Waals surface area contributed by atoms with Gasteiger partial charge >= 0.3 is 0 Å². The summed E-state index contributed by atoms with van der Waals surface area (Å²) in [7, 11) is 0. The first kappa shape index (κ1) is 8.21. The number of nitrogens with zero attached hydrogens (tertiary/aromatic N) is 1. The highest BCUT2D eigenvalue weighted by atomic mass is 16.3. The van der Waals surface area contributed by atoms with Crippen LogP contribution < -0.4 is 0 Å². The van der Waals surface area contributed by atoms with Crippen molar-refractivity contribution in [3.63, 3.8) is 0 Å². The smallest absolute Gasteiger partial charge is 0.0567 e. The Morgan fingerprint density at radius 2 is 2.27 bits per heavy atom. The van der Waals surface area contributed by atoms with Crippen LogP contribution in [0.1, 0.15) is 18.3 Å². The van der Waals surface area contributed by atoms with Crippen molar-refractivity contribution in [2.24, 2.45) is 0 Å². The van der Waals surface area contributed by atoms with E-state index in [2.05, 4.69) is 4.98 Å². The van der Waals surface area contributed by atoms with E-state index in [4.69, 9.17) is 5.11 Å². The quantitative estimate of drug-likeness (QED) is 0.691. The summed E-state index contributed by atoms with van der Waals surface area (Å²) in [6.45, 7) is 3.72. The Balaban J connectivity index is 2.71. The van der Waals surface area contributed by atoms with Crippen molar-refractivity contribution in [3.05, 3.63) is 29.6 Å². The third kappa shape index (κ3) is 2.68. The molecule has 60 valence electrons. The highest BCUT2D eigenvalue weighted by Crippen LogP contribution is 2.01. The van der Waals surface area contributed by atoms with Gasteiger partial charge in [-0.3, -0.25) is 4.98 Å². The number of aromatic nitrogens is 1. The molecule has 1 aromatic heterocycles. The first-order valence-corrected chi connectivity index (χ1v) is 3.79. The number of aliphatic hydroxyl groups is 1. The second-order valence-corrected chi connectivity index (χ2v) is 2.82. The summed E-state index contributed by atoms with van der Waals surface area (Å²) in [5.41, 5.74) is 1.96. The van der Waals surface area contributed by atoms with E-state index >= 15 is 0 Å². The van der Waals surface area contributed by atoms with Crippen molar-refractivity contribution in [1.29, 1.82) is 0 Å². The number of aryl methyl sites for hydroxylation is 1. The van der Waals surface area contributed by atoms with Gasteiger partial charge in [0, 0.05) is 17.8 Å². The SMILES string of the molecule is Cc1cccc(C[C@H](C)O)n1. The van der Waals surface area contributed by atoms with Crippen LogP contribution in [-0.2, 0) is 6.42 Å². The first-order chi connectivity index (χ1) is 5.18. The zero-order valence-corrected chi connectivity index (χ0v) is 6.91. The molecule has 0 aliphatic carbocycles. The maximum atomic E-state index is 9.06. The van der Waals surface area contributed by atoms with E-state index in [1.165, 1.54) is 0 Å². The molecule has 1 N–H and O–H groups in total. The minimum atomic E-state index is -0.302. The summed E-state index contributed by atoms with van der Waals surface area (Å²) in [5, 5.41) is 9.06. The molecule has 0 aliphatic rings. The summed E-state index contributed by atoms with van der Waals surface area (Å²) in [6, 6.07) is 5.84. The van der Waals surface area contributed by atoms with Gasteiger partial charge in [0.25, 0.3) is 0 Å². The Labute approximate surface area is 66.9 Å². The number of hydrogen-bond donors (Lipinski definition) is 1. The fourth-order valence-corrected chi connectivity index (χ4v) is 1.02. The van der Waals surface area contributed by atoms with Crippen LogP contribution in [-0.4, -0.2) is 16.2 Å². The first-order valence-electron chi connectivity index (χ1n) is 3.79. The Kier molecular flexibility index (Phi) is 2.60. The summed E-state index contributed by atoms with van der Waals surface area (Å²) < 4.78 is 0. The van der Waals surface area contributed by atoms with E-state index in [1.807, 2.05) is 25.1 Å². The Morgan fingerprint density at radius 1 is 1.55 bits per heavy atom. The summed E-state index contributed by atoms with van der Waals surface area (Å²) in [6.07, 6.45) is 0.339. The molecule has 0 bridgehead atoms. The predicted octanol–water partition coefficient (Wildman–Crippen LogP) is 1.31. The van der Waals surface area contributed by atoms with Gasteiger partial charge in [0.2, 0.25) is 0 Å². The molecular formula is C9H13NO. The van der Waals surface area contributed by atoms with Crippen molar-refractivity contribution in [2.45, 2.75) is 26.4 Å². The third-order valence-corrected chi connectivity index (χ3v) is 1.45. The van der Waals surface area contributed by atoms with Gasteiger partial charge in [-0.15, -0.1) is 0 Å². The Hall–Kier alpha value is -0.890. The third-order valence-electron chi connectivity index (χ3n) is 1.45. The van der Waals surface area contributed by atoms with E-state index in [0.29, 0.717) is 6.42 Å². The standard InChI is InChI=1S/C9H13NO/c1-7-4-3-5-9(10-7)6-8(2)11/h3-5,8,11H,6H2,1-2H3/t8-/m0/s1. The number of aliphatic hydroxyl groups excluding tert-OH is 1. The van der Waals surface area contributed by atoms with Gasteiger partial charge in [-0.2, -0.15) is 0 Å². The van der Waals surface area contributed by atoms with E-state index in [9.17, 15) is 0 Å². The molecule has 0 fully saturated rings. The van der Waals surface area contributed by atoms with Crippen LogP contribution >= 0.6 is 0 Å². The predicted molar refractivity (Wildman–Crippen MR) is 44.4 cm³/mol. The molecule has 0 aliphatic heterocycles. The Bertz CT molecular complexity index is 233. The van der Waals surface area contributed by atoms with Gasteiger partial charge in [0.15, 0.2) is 0 Å². The average molecular weight is 151 g/mol. The molecule has 1 rings (SSSR count). The number of hydrogen-bond acceptors (Lipinski definition) is 2. The van der Waals surface area contributed by atoms with E-state index < -0.39 is 0 Å². The molecule has 1 aromatic rings. The van der Waals surface area contributed by atoms with Gasteiger partial charge in [-0.25, -0.2) is 0 Å². The van der Waals surface area contributed by atoms with Crippen LogP contribution in [0.5, 0.6) is 0 Å². The average Bonchev–Trinajstić information content (AvgIpc) is 1.85. The van der Waals surface area contributed by atoms with E-state index in [-0.39, 0.29) is 6.10 Å². The zero-order chi connectivity index (χ0) is 8.27. The molecule has 0 radical (unpaired) electrons. The monoisotopic (exact) mass is 151 g/mol. The maximum absolute atomic E-state index is 9.06. The lowest BCUT2D eigenvalue weighted by molar-refractivity contribution is 0.194. The zero-order valence-electron chi connectivity index (χ0n) is 6.91. The topological polar surface area (TPSA) is 33.1 Å². The minimum absolute atomic E-state index is 0.302. The molecule has 0 spiro atoms. The number of rotatable bonds is 2. The molecule has 11 heavy (non-hydrogen) atoms. The molecule has 1 atom stereocenters. The van der Waals surface area contributed by atoms with Crippen molar-refractivity contribution in [2.75, 3.05) is 0 Å². The second kappa shape index (κ2) is 3.49. The molecule has 1 heterocycles. The molecule has 2 nitrogen and oxygen atoms in total. The fourth-order valence-electron chi connectivity index (χ4n) is 1.02. The largest absolute Gasteiger partial charge is 0.393 e. The maximum Gasteiger partial charge on any atom is 0.0567 e. The summed E-state index contributed by atoms with van der Waals surface area (Å²) in [5.74, 6) is 0. The van der Waals surface area contributed by atoms with E-state index in [1.54, 1.807) is 6.92 Å². The van der Waals surface area contributed by atoms with Crippen molar-refractivity contribution in [1.82, 2.24) is 4.98 Å². The minimum Gasteiger partial charge on any atom is -0.393 e. The van der Waals surface area contributed by atoms with Crippen LogP contribution in [0.2, 0.25) is 0 Å². The van der Waals surface area contributed by atoms with Gasteiger partial charge in [0.05, 0.1) is 6.10 Å². The molecule has 0 saturated heterocycles. The van der Waals surface area contributed by atoms with Crippen LogP contribution in [0.3, 0.4) is 0 Å². The molecule has 0 aromatic carbocycles. The molecule has 0 unspecified atom stereocenters. The van der Waals surface area contributed by atoms with Gasteiger partial charge < -0.3 is 5.11 Å². The van der Waals surface area contributed by atoms with Crippen LogP contribution in [0.25, 0.3) is 0 Å². The van der Waals surface area contributed by atoms with Gasteiger partial charge in [-0.1, -0.05) is 6.07 Å². The highest BCUT2D eigenvalue weighted by molar-refractivity contribution is 5.10. The number of pyridine rings is 1. The lowest BCUT2D eigenvalue weighted by atomic mass is 10.2. The van der Waals surface area contributed by atoms with Gasteiger partial charge in [-0.05, 0) is 26.0 Å². The van der Waals surface area contributed by atoms with Gasteiger partial charge in [0.1, 0.15) is 0 Å². The Morgan fingerprint density at radius 3 is 2.82 bits per heavy atom. The summed E-state index contributed by atoms with van der Waals surface area (Å²) in [4.78, 5) is 4.25. The molecule has 0 saturated carbocycles. The highest BCUT2D eigenvalue weighted by Gasteiger charge is 1.98. The lowest BCUT2D eigenvalue weighted by Crippen LogP contribution is -2.05. The summed E-state index contributed by atoms with van der Waals surface area (Å²) >= 11 is 0. The van der Waals surface area contributed by atoms with Crippen molar-refractivity contribution < 1.29 is 5.11 Å². The molecule has 2 heteroatoms. The van der Waals surface area contributed by atoms with E-state index in [0.717, 1.165) is 11.4 Å². The van der Waals surface area contributed by atoms with Crippen LogP contribution in [0.4, 0.5) is 0 Å². The van der Waals surface area contributed by atoms with Crippen molar-refractivity contribution >= 4 is 0 Å².